The van der Waals surface area contributed by atoms with Crippen LogP contribution in [0.3, 0.4) is 0 Å². The minimum atomic E-state index is -0.220. The molecule has 0 atom stereocenters. The van der Waals surface area contributed by atoms with E-state index in [1.54, 1.807) is 30.3 Å². The van der Waals surface area contributed by atoms with Crippen LogP contribution in [0, 0.1) is 0 Å². The fourth-order valence-electron chi connectivity index (χ4n) is 3.60. The highest BCUT2D eigenvalue weighted by Crippen LogP contribution is 2.44. The number of rotatable bonds is 1. The Morgan fingerprint density at radius 1 is 0.933 bits per heavy atom. The van der Waals surface area contributed by atoms with E-state index in [4.69, 9.17) is 0 Å². The van der Waals surface area contributed by atoms with E-state index in [0.717, 1.165) is 15.6 Å². The van der Waals surface area contributed by atoms with Gasteiger partial charge in [-0.3, -0.25) is 9.59 Å². The predicted octanol–water partition coefficient (Wildman–Crippen LogP) is 2.33. The second-order valence-electron chi connectivity index (χ2n) is 7.05. The topological polar surface area (TPSA) is 57.9 Å². The van der Waals surface area contributed by atoms with E-state index in [-0.39, 0.29) is 11.5 Å². The maximum Gasteiger partial charge on any atom is 0.283 e. The number of para-hydroxylation sites is 2. The Bertz CT molecular complexity index is 1400. The fraction of sp³-hybridized carbons (Fsp3) is 0.136. The molecule has 0 aliphatic carbocycles. The van der Waals surface area contributed by atoms with E-state index in [1.807, 2.05) is 66.5 Å². The summed E-state index contributed by atoms with van der Waals surface area (Å²) in [6, 6.07) is 17.4. The number of carbonyl (C=O) groups is 1. The molecular formula is C22H18N4O2S2. The number of amides is 1. The van der Waals surface area contributed by atoms with E-state index in [9.17, 15) is 9.59 Å². The van der Waals surface area contributed by atoms with Crippen molar-refractivity contribution in [3.8, 4) is 0 Å². The Morgan fingerprint density at radius 2 is 1.63 bits per heavy atom. The molecule has 0 unspecified atom stereocenters. The molecule has 2 aromatic carbocycles. The van der Waals surface area contributed by atoms with Gasteiger partial charge in [-0.2, -0.15) is 10.1 Å². The molecule has 3 aromatic rings. The van der Waals surface area contributed by atoms with Crippen LogP contribution >= 0.6 is 23.1 Å². The van der Waals surface area contributed by atoms with Crippen LogP contribution in [0.2, 0.25) is 0 Å². The predicted molar refractivity (Wildman–Crippen MR) is 123 cm³/mol. The Balaban J connectivity index is 1.70. The number of fused-ring (bicyclic) bond motifs is 1. The molecule has 0 spiro atoms. The molecule has 0 saturated carbocycles. The number of aromatic nitrogens is 1. The lowest BCUT2D eigenvalue weighted by atomic mass is 10.2. The third kappa shape index (κ3) is 2.75. The molecule has 6 nitrogen and oxygen atoms in total. The van der Waals surface area contributed by atoms with E-state index in [2.05, 4.69) is 5.10 Å². The summed E-state index contributed by atoms with van der Waals surface area (Å²) in [5.41, 5.74) is 2.75. The standard InChI is InChI=1S/C22H18N4O2S2/c1-13-17(19(27)26(23-13)14-9-5-4-6-10-14)21-25(3)20(28)18(30-21)22-24(2)15-11-7-8-12-16(15)29-22/h4-12H,1-3H3. The zero-order valence-corrected chi connectivity index (χ0v) is 18.3. The maximum atomic E-state index is 13.2. The summed E-state index contributed by atoms with van der Waals surface area (Å²) in [4.78, 5) is 29.5. The van der Waals surface area contributed by atoms with Gasteiger partial charge in [-0.15, -0.1) is 11.3 Å². The zero-order valence-electron chi connectivity index (χ0n) is 16.6. The van der Waals surface area contributed by atoms with Crippen molar-refractivity contribution in [1.29, 1.82) is 0 Å². The van der Waals surface area contributed by atoms with Crippen LogP contribution in [0.4, 0.5) is 11.4 Å². The van der Waals surface area contributed by atoms with E-state index < -0.39 is 0 Å². The molecule has 150 valence electrons. The second-order valence-corrected chi connectivity index (χ2v) is 9.08. The molecule has 2 aliphatic rings. The third-order valence-electron chi connectivity index (χ3n) is 5.17. The number of carbonyl (C=O) groups excluding carboxylic acids is 1. The highest BCUT2D eigenvalue weighted by atomic mass is 32.2. The molecule has 3 heterocycles. The van der Waals surface area contributed by atoms with Crippen LogP contribution < -0.4 is 24.7 Å². The summed E-state index contributed by atoms with van der Waals surface area (Å²) in [6.07, 6.45) is 0. The molecule has 1 amide bonds. The molecule has 2 aliphatic heterocycles. The third-order valence-corrected chi connectivity index (χ3v) is 7.78. The van der Waals surface area contributed by atoms with Gasteiger partial charge in [-0.25, -0.2) is 0 Å². The van der Waals surface area contributed by atoms with Crippen LogP contribution in [-0.4, -0.2) is 23.2 Å². The molecule has 0 bridgehead atoms. The smallest absolute Gasteiger partial charge is 0.283 e. The van der Waals surface area contributed by atoms with Crippen molar-refractivity contribution >= 4 is 56.7 Å². The summed E-state index contributed by atoms with van der Waals surface area (Å²) >= 11 is 2.93. The van der Waals surface area contributed by atoms with Gasteiger partial charge in [0.2, 0.25) is 0 Å². The normalized spacial score (nSPS) is 19.4. The van der Waals surface area contributed by atoms with E-state index in [0.29, 0.717) is 26.2 Å². The summed E-state index contributed by atoms with van der Waals surface area (Å²) < 4.78 is 2.81. The lowest BCUT2D eigenvalue weighted by Crippen LogP contribution is -2.33. The number of anilines is 2. The van der Waals surface area contributed by atoms with Crippen molar-refractivity contribution < 1.29 is 4.79 Å². The van der Waals surface area contributed by atoms with Gasteiger partial charge in [-0.05, 0) is 31.2 Å². The molecule has 0 N–H and O–H groups in total. The summed E-state index contributed by atoms with van der Waals surface area (Å²) in [7, 11) is 3.68. The zero-order chi connectivity index (χ0) is 21.0. The number of hydrogen-bond donors (Lipinski definition) is 0. The van der Waals surface area contributed by atoms with Crippen molar-refractivity contribution in [3.05, 3.63) is 74.1 Å². The molecule has 1 aromatic heterocycles. The molecule has 5 rings (SSSR count). The SMILES string of the molecule is CC1=NN(c2ccccc2)C(=O)C1=c1sc(=C2Sc3ccccc3N2C)c(=O)n1C. The summed E-state index contributed by atoms with van der Waals surface area (Å²) in [5.74, 6) is -0.220. The number of thioether (sulfide) groups is 1. The largest absolute Gasteiger partial charge is 0.337 e. The number of hydrogen-bond acceptors (Lipinski definition) is 6. The van der Waals surface area contributed by atoms with Gasteiger partial charge >= 0.3 is 0 Å². The van der Waals surface area contributed by atoms with Crippen molar-refractivity contribution in [2.24, 2.45) is 12.1 Å². The quantitative estimate of drug-likeness (QED) is 0.590. The first-order valence-electron chi connectivity index (χ1n) is 9.37. The number of hydrazone groups is 1. The summed E-state index contributed by atoms with van der Waals surface area (Å²) in [6.45, 7) is 1.81. The fourth-order valence-corrected chi connectivity index (χ4v) is 6.13. The molecular weight excluding hydrogens is 416 g/mol. The lowest BCUT2D eigenvalue weighted by Gasteiger charge is -2.11. The van der Waals surface area contributed by atoms with Gasteiger partial charge in [0.25, 0.3) is 11.5 Å². The highest BCUT2D eigenvalue weighted by Gasteiger charge is 2.31. The van der Waals surface area contributed by atoms with Gasteiger partial charge in [0, 0.05) is 19.0 Å². The first kappa shape index (κ1) is 18.9. The average Bonchev–Trinajstić information content (AvgIpc) is 3.35. The van der Waals surface area contributed by atoms with E-state index in [1.165, 1.54) is 16.3 Å². The monoisotopic (exact) mass is 434 g/mol. The Morgan fingerprint density at radius 3 is 2.37 bits per heavy atom. The second kappa shape index (κ2) is 7.00. The number of thiazole rings is 1. The minimum absolute atomic E-state index is 0.108. The highest BCUT2D eigenvalue weighted by molar-refractivity contribution is 8.08. The Hall–Kier alpha value is -3.10. The molecule has 0 radical (unpaired) electrons. The van der Waals surface area contributed by atoms with Gasteiger partial charge in [0.05, 0.1) is 22.7 Å². The van der Waals surface area contributed by atoms with Crippen molar-refractivity contribution in [1.82, 2.24) is 4.57 Å². The minimum Gasteiger partial charge on any atom is -0.337 e. The van der Waals surface area contributed by atoms with Crippen LogP contribution in [0.15, 0.2) is 69.4 Å². The van der Waals surface area contributed by atoms with Crippen LogP contribution in [0.1, 0.15) is 6.92 Å². The number of nitrogens with zero attached hydrogens (tertiary/aromatic N) is 4. The first-order valence-corrected chi connectivity index (χ1v) is 11.0. The number of benzene rings is 2. The molecule has 0 saturated heterocycles. The van der Waals surface area contributed by atoms with Crippen LogP contribution in [-0.2, 0) is 11.8 Å². The van der Waals surface area contributed by atoms with Crippen molar-refractivity contribution in [2.75, 3.05) is 17.0 Å². The Kier molecular flexibility index (Phi) is 4.41. The van der Waals surface area contributed by atoms with Gasteiger partial charge < -0.3 is 9.47 Å². The van der Waals surface area contributed by atoms with Gasteiger partial charge in [0.1, 0.15) is 14.2 Å². The summed E-state index contributed by atoms with van der Waals surface area (Å²) in [5, 5.41) is 6.73. The van der Waals surface area contributed by atoms with Gasteiger partial charge in [0.15, 0.2) is 0 Å². The lowest BCUT2D eigenvalue weighted by molar-refractivity contribution is -0.112. The van der Waals surface area contributed by atoms with Gasteiger partial charge in [-0.1, -0.05) is 42.1 Å². The first-order chi connectivity index (χ1) is 14.5. The van der Waals surface area contributed by atoms with Crippen molar-refractivity contribution in [2.45, 2.75) is 11.8 Å². The van der Waals surface area contributed by atoms with E-state index >= 15 is 0 Å². The van der Waals surface area contributed by atoms with Crippen molar-refractivity contribution in [3.63, 3.8) is 0 Å². The Labute approximate surface area is 181 Å². The van der Waals surface area contributed by atoms with Crippen LogP contribution in [0.25, 0.3) is 10.6 Å². The van der Waals surface area contributed by atoms with Crippen LogP contribution in [0.5, 0.6) is 0 Å². The molecule has 30 heavy (non-hydrogen) atoms. The molecule has 0 fully saturated rings. The molecule has 8 heteroatoms. The average molecular weight is 435 g/mol. The maximum absolute atomic E-state index is 13.2.